The lowest BCUT2D eigenvalue weighted by Gasteiger charge is -2.38. The molecule has 0 spiro atoms. The number of benzene rings is 1. The second-order valence-corrected chi connectivity index (χ2v) is 5.00. The van der Waals surface area contributed by atoms with Crippen LogP contribution in [0.1, 0.15) is 12.5 Å². The third kappa shape index (κ3) is 3.11. The molecule has 0 radical (unpaired) electrons. The van der Waals surface area contributed by atoms with Gasteiger partial charge in [0, 0.05) is 37.3 Å². The first kappa shape index (κ1) is 14.8. The van der Waals surface area contributed by atoms with E-state index in [1.807, 2.05) is 18.2 Å². The van der Waals surface area contributed by atoms with Crippen molar-refractivity contribution in [2.45, 2.75) is 25.6 Å². The van der Waals surface area contributed by atoms with Crippen LogP contribution in [0.4, 0.5) is 0 Å². The molecule has 1 aliphatic heterocycles. The van der Waals surface area contributed by atoms with E-state index in [0.29, 0.717) is 0 Å². The Balaban J connectivity index is 2.14. The van der Waals surface area contributed by atoms with Crippen LogP contribution in [0.3, 0.4) is 0 Å². The summed E-state index contributed by atoms with van der Waals surface area (Å²) in [5.74, 6) is 1.60. The summed E-state index contributed by atoms with van der Waals surface area (Å²) < 4.78 is 10.6. The smallest absolute Gasteiger partial charge is 0.138 e. The van der Waals surface area contributed by atoms with Gasteiger partial charge in [0.25, 0.3) is 0 Å². The fourth-order valence-electron chi connectivity index (χ4n) is 2.56. The molecule has 0 amide bonds. The maximum atomic E-state index is 11.0. The second kappa shape index (κ2) is 6.72. The highest BCUT2D eigenvalue weighted by Gasteiger charge is 2.27. The van der Waals surface area contributed by atoms with Crippen molar-refractivity contribution in [2.75, 3.05) is 27.3 Å². The zero-order valence-corrected chi connectivity index (χ0v) is 12.3. The van der Waals surface area contributed by atoms with Gasteiger partial charge in [-0.15, -0.1) is 0 Å². The zero-order chi connectivity index (χ0) is 14.5. The number of piperazine rings is 1. The third-order valence-electron chi connectivity index (χ3n) is 3.89. The van der Waals surface area contributed by atoms with Crippen molar-refractivity contribution in [1.29, 1.82) is 0 Å². The number of hydrogen-bond acceptors (Lipinski definition) is 5. The molecule has 2 rings (SSSR count). The summed E-state index contributed by atoms with van der Waals surface area (Å²) in [6.07, 6.45) is 0.988. The van der Waals surface area contributed by atoms with Gasteiger partial charge in [0.2, 0.25) is 0 Å². The number of carbonyl (C=O) groups is 1. The van der Waals surface area contributed by atoms with E-state index >= 15 is 0 Å². The maximum absolute atomic E-state index is 11.0. The average Bonchev–Trinajstić information content (AvgIpc) is 2.49. The average molecular weight is 278 g/mol. The molecule has 1 aromatic rings. The number of methoxy groups -OCH3 is 2. The highest BCUT2D eigenvalue weighted by Crippen LogP contribution is 2.26. The van der Waals surface area contributed by atoms with Crippen molar-refractivity contribution in [3.05, 3.63) is 23.8 Å². The summed E-state index contributed by atoms with van der Waals surface area (Å²) >= 11 is 0. The first-order chi connectivity index (χ1) is 9.69. The molecular weight excluding hydrogens is 256 g/mol. The lowest BCUT2D eigenvalue weighted by atomic mass is 10.0. The van der Waals surface area contributed by atoms with Crippen LogP contribution in [0.25, 0.3) is 0 Å². The number of ether oxygens (including phenoxy) is 2. The van der Waals surface area contributed by atoms with Crippen LogP contribution in [0.15, 0.2) is 18.2 Å². The monoisotopic (exact) mass is 278 g/mol. The van der Waals surface area contributed by atoms with Crippen LogP contribution in [0, 0.1) is 0 Å². The van der Waals surface area contributed by atoms with Crippen LogP contribution in [0.2, 0.25) is 0 Å². The van der Waals surface area contributed by atoms with Crippen LogP contribution in [-0.2, 0) is 11.3 Å². The molecule has 0 bridgehead atoms. The van der Waals surface area contributed by atoms with Gasteiger partial charge in [-0.1, -0.05) is 6.07 Å². The Kier molecular flexibility index (Phi) is 4.98. The predicted molar refractivity (Wildman–Crippen MR) is 77.3 cm³/mol. The third-order valence-corrected chi connectivity index (χ3v) is 3.89. The zero-order valence-electron chi connectivity index (χ0n) is 12.3. The standard InChI is InChI=1S/C15H22N2O3/c1-11-14(10-18)16-6-7-17(11)9-12-4-5-13(19-2)8-15(12)20-3/h4-5,8,10-11,14,16H,6-7,9H2,1-3H3/t11-,14?/m1/s1. The molecule has 1 fully saturated rings. The van der Waals surface area contributed by atoms with Crippen LogP contribution in [-0.4, -0.2) is 50.6 Å². The molecule has 0 saturated carbocycles. The van der Waals surface area contributed by atoms with Gasteiger partial charge in [0.15, 0.2) is 0 Å². The Morgan fingerprint density at radius 1 is 1.40 bits per heavy atom. The van der Waals surface area contributed by atoms with Crippen molar-refractivity contribution < 1.29 is 14.3 Å². The Morgan fingerprint density at radius 2 is 2.20 bits per heavy atom. The van der Waals surface area contributed by atoms with E-state index in [0.717, 1.165) is 43.0 Å². The number of nitrogens with zero attached hydrogens (tertiary/aromatic N) is 1. The highest BCUT2D eigenvalue weighted by atomic mass is 16.5. The number of nitrogens with one attached hydrogen (secondary N) is 1. The molecule has 5 nitrogen and oxygen atoms in total. The van der Waals surface area contributed by atoms with Crippen molar-refractivity contribution in [1.82, 2.24) is 10.2 Å². The van der Waals surface area contributed by atoms with Gasteiger partial charge < -0.3 is 19.6 Å². The topological polar surface area (TPSA) is 50.8 Å². The first-order valence-corrected chi connectivity index (χ1v) is 6.83. The van der Waals surface area contributed by atoms with E-state index < -0.39 is 0 Å². The molecule has 0 aromatic heterocycles. The summed E-state index contributed by atoms with van der Waals surface area (Å²) in [5.41, 5.74) is 1.10. The van der Waals surface area contributed by atoms with Crippen LogP contribution >= 0.6 is 0 Å². The van der Waals surface area contributed by atoms with Gasteiger partial charge in [-0.3, -0.25) is 4.90 Å². The van der Waals surface area contributed by atoms with E-state index in [1.165, 1.54) is 0 Å². The molecule has 110 valence electrons. The minimum atomic E-state index is -0.104. The molecule has 1 unspecified atom stereocenters. The molecule has 1 aromatic carbocycles. The Morgan fingerprint density at radius 3 is 2.85 bits per heavy atom. The molecule has 0 aliphatic carbocycles. The van der Waals surface area contributed by atoms with Crippen molar-refractivity contribution in [3.8, 4) is 11.5 Å². The molecule has 2 atom stereocenters. The van der Waals surface area contributed by atoms with Gasteiger partial charge in [-0.05, 0) is 13.0 Å². The lowest BCUT2D eigenvalue weighted by Crippen LogP contribution is -2.56. The van der Waals surface area contributed by atoms with Gasteiger partial charge >= 0.3 is 0 Å². The van der Waals surface area contributed by atoms with Crippen molar-refractivity contribution >= 4 is 6.29 Å². The Labute approximate surface area is 119 Å². The predicted octanol–water partition coefficient (Wildman–Crippen LogP) is 1.06. The molecule has 1 saturated heterocycles. The molecular formula is C15H22N2O3. The molecule has 20 heavy (non-hydrogen) atoms. The normalized spacial score (nSPS) is 23.4. The van der Waals surface area contributed by atoms with E-state index in [2.05, 4.69) is 17.1 Å². The van der Waals surface area contributed by atoms with Gasteiger partial charge in [0.1, 0.15) is 17.8 Å². The number of carbonyl (C=O) groups excluding carboxylic acids is 1. The Hall–Kier alpha value is -1.59. The number of hydrogen-bond donors (Lipinski definition) is 1. The summed E-state index contributed by atoms with van der Waals surface area (Å²) in [5, 5.41) is 3.22. The van der Waals surface area contributed by atoms with E-state index in [9.17, 15) is 4.79 Å². The summed E-state index contributed by atoms with van der Waals surface area (Å²) in [6.45, 7) is 4.58. The lowest BCUT2D eigenvalue weighted by molar-refractivity contribution is -0.111. The quantitative estimate of drug-likeness (QED) is 0.816. The largest absolute Gasteiger partial charge is 0.497 e. The highest BCUT2D eigenvalue weighted by molar-refractivity contribution is 5.59. The van der Waals surface area contributed by atoms with Crippen molar-refractivity contribution in [2.24, 2.45) is 0 Å². The summed E-state index contributed by atoms with van der Waals surface area (Å²) in [6, 6.07) is 5.91. The summed E-state index contributed by atoms with van der Waals surface area (Å²) in [7, 11) is 3.30. The van der Waals surface area contributed by atoms with Gasteiger partial charge in [-0.25, -0.2) is 0 Å². The second-order valence-electron chi connectivity index (χ2n) is 5.00. The van der Waals surface area contributed by atoms with Crippen LogP contribution in [0.5, 0.6) is 11.5 Å². The molecule has 1 N–H and O–H groups in total. The molecule has 1 heterocycles. The van der Waals surface area contributed by atoms with E-state index in [-0.39, 0.29) is 12.1 Å². The first-order valence-electron chi connectivity index (χ1n) is 6.83. The fraction of sp³-hybridized carbons (Fsp3) is 0.533. The fourth-order valence-corrected chi connectivity index (χ4v) is 2.56. The molecule has 5 heteroatoms. The number of aldehydes is 1. The van der Waals surface area contributed by atoms with E-state index in [1.54, 1.807) is 14.2 Å². The van der Waals surface area contributed by atoms with Gasteiger partial charge in [0.05, 0.1) is 20.3 Å². The Bertz CT molecular complexity index is 464. The molecule has 1 aliphatic rings. The van der Waals surface area contributed by atoms with Gasteiger partial charge in [-0.2, -0.15) is 0 Å². The minimum absolute atomic E-state index is 0.104. The minimum Gasteiger partial charge on any atom is -0.497 e. The number of rotatable bonds is 5. The van der Waals surface area contributed by atoms with E-state index in [4.69, 9.17) is 9.47 Å². The SMILES string of the molecule is COc1ccc(CN2CCNC(C=O)[C@H]2C)c(OC)c1. The summed E-state index contributed by atoms with van der Waals surface area (Å²) in [4.78, 5) is 13.3. The van der Waals surface area contributed by atoms with Crippen LogP contribution < -0.4 is 14.8 Å². The van der Waals surface area contributed by atoms with Crippen molar-refractivity contribution in [3.63, 3.8) is 0 Å². The maximum Gasteiger partial charge on any atom is 0.138 e.